The van der Waals surface area contributed by atoms with E-state index >= 15 is 0 Å². The minimum atomic E-state index is -2.36. The van der Waals surface area contributed by atoms with E-state index in [-0.39, 0.29) is 19.6 Å². The van der Waals surface area contributed by atoms with Gasteiger partial charge in [0.15, 0.2) is 18.8 Å². The summed E-state index contributed by atoms with van der Waals surface area (Å²) in [6.45, 7) is 4.83. The van der Waals surface area contributed by atoms with Crippen LogP contribution < -0.4 is 15.4 Å². The second kappa shape index (κ2) is 26.3. The molecule has 1 aliphatic rings. The molecule has 2 amide bonds. The van der Waals surface area contributed by atoms with Crippen LogP contribution in [0.5, 0.6) is 5.75 Å². The summed E-state index contributed by atoms with van der Waals surface area (Å²) in [5.74, 6) is -6.00. The predicted molar refractivity (Wildman–Crippen MR) is 223 cm³/mol. The minimum Gasteiger partial charge on any atom is -0.465 e. The van der Waals surface area contributed by atoms with Gasteiger partial charge >= 0.3 is 35.8 Å². The molecule has 6 atom stereocenters. The summed E-state index contributed by atoms with van der Waals surface area (Å²) in [6, 6.07) is 12.4. The molecule has 1 fully saturated rings. The third-order valence-electron chi connectivity index (χ3n) is 9.38. The highest BCUT2D eigenvalue weighted by atomic mass is 16.7. The van der Waals surface area contributed by atoms with Crippen LogP contribution in [0.4, 0.5) is 0 Å². The first-order valence-electron chi connectivity index (χ1n) is 20.5. The van der Waals surface area contributed by atoms with E-state index in [0.29, 0.717) is 37.2 Å². The second-order valence-electron chi connectivity index (χ2n) is 14.6. The molecule has 1 aliphatic heterocycles. The number of methoxy groups -OCH3 is 1. The van der Waals surface area contributed by atoms with E-state index < -0.39 is 103 Å². The number of nitrogens with one attached hydrogen (secondary N) is 2. The fraction of sp³-hybridized carbons (Fsp3) is 0.511. The highest BCUT2D eigenvalue weighted by Gasteiger charge is 2.59. The van der Waals surface area contributed by atoms with E-state index in [1.54, 1.807) is 48.5 Å². The van der Waals surface area contributed by atoms with Crippen molar-refractivity contribution in [1.29, 1.82) is 0 Å². The molecule has 0 spiro atoms. The van der Waals surface area contributed by atoms with Crippen LogP contribution in [-0.4, -0.2) is 124 Å². The van der Waals surface area contributed by atoms with Crippen LogP contribution in [0.15, 0.2) is 48.5 Å². The first kappa shape index (κ1) is 52.0. The number of ether oxygens (including phenoxy) is 9. The third kappa shape index (κ3) is 17.4. The molecule has 1 saturated heterocycles. The summed E-state index contributed by atoms with van der Waals surface area (Å²) in [5, 5.41) is 5.25. The van der Waals surface area contributed by atoms with Gasteiger partial charge in [0, 0.05) is 41.2 Å². The average molecular weight is 897 g/mol. The average Bonchev–Trinajstić information content (AvgIpc) is 3.23. The zero-order valence-electron chi connectivity index (χ0n) is 36.8. The van der Waals surface area contributed by atoms with Crippen molar-refractivity contribution in [1.82, 2.24) is 10.6 Å². The molecule has 2 aromatic rings. The summed E-state index contributed by atoms with van der Waals surface area (Å²) in [5.41, 5.74) is 2.25. The molecule has 2 N–H and O–H groups in total. The Morgan fingerprint density at radius 2 is 1.41 bits per heavy atom. The van der Waals surface area contributed by atoms with Crippen LogP contribution in [-0.2, 0) is 82.7 Å². The number of carbonyl (C=O) groups is 8. The fourth-order valence-corrected chi connectivity index (χ4v) is 6.72. The van der Waals surface area contributed by atoms with Crippen molar-refractivity contribution >= 4 is 47.6 Å². The summed E-state index contributed by atoms with van der Waals surface area (Å²) in [6.07, 6.45) is 0.459. The number of carbonyl (C=O) groups excluding carboxylic acids is 8. The first-order chi connectivity index (χ1) is 30.5. The van der Waals surface area contributed by atoms with E-state index in [1.165, 1.54) is 6.92 Å². The number of esters is 6. The first-order valence-corrected chi connectivity index (χ1v) is 20.5. The van der Waals surface area contributed by atoms with Crippen molar-refractivity contribution in [2.45, 2.75) is 109 Å². The molecule has 1 heterocycles. The molecule has 0 aromatic heterocycles. The Morgan fingerprint density at radius 1 is 0.781 bits per heavy atom. The molecule has 2 aromatic carbocycles. The Bertz CT molecular complexity index is 1960. The van der Waals surface area contributed by atoms with Gasteiger partial charge < -0.3 is 53.3 Å². The van der Waals surface area contributed by atoms with Gasteiger partial charge in [-0.25, -0.2) is 4.79 Å². The highest BCUT2D eigenvalue weighted by molar-refractivity contribution is 5.81. The van der Waals surface area contributed by atoms with Crippen molar-refractivity contribution in [3.05, 3.63) is 54.1 Å². The van der Waals surface area contributed by atoms with Crippen LogP contribution in [0.3, 0.4) is 0 Å². The van der Waals surface area contributed by atoms with Crippen molar-refractivity contribution in [3.63, 3.8) is 0 Å². The van der Waals surface area contributed by atoms with Crippen LogP contribution in [0.25, 0.3) is 11.1 Å². The predicted octanol–water partition coefficient (Wildman–Crippen LogP) is 2.67. The van der Waals surface area contributed by atoms with E-state index in [9.17, 15) is 38.4 Å². The van der Waals surface area contributed by atoms with Gasteiger partial charge in [-0.15, -0.1) is 6.42 Å². The Balaban J connectivity index is 1.96. The lowest BCUT2D eigenvalue weighted by Crippen LogP contribution is -2.70. The number of benzene rings is 2. The molecule has 19 heteroatoms. The van der Waals surface area contributed by atoms with Crippen LogP contribution in [0.1, 0.15) is 72.3 Å². The largest absolute Gasteiger partial charge is 0.465 e. The number of hydrogen-bond acceptors (Lipinski definition) is 17. The number of hydrogen-bond donors (Lipinski definition) is 2. The molecule has 0 bridgehead atoms. The maximum atomic E-state index is 13.7. The number of amides is 2. The Hall–Kier alpha value is -6.36. The molecule has 0 saturated carbocycles. The fourth-order valence-electron chi connectivity index (χ4n) is 6.72. The van der Waals surface area contributed by atoms with Gasteiger partial charge in [0.1, 0.15) is 24.6 Å². The number of rotatable bonds is 24. The lowest BCUT2D eigenvalue weighted by atomic mass is 9.87. The maximum absolute atomic E-state index is 13.7. The normalized spacial score (nSPS) is 18.7. The number of terminal acetylenes is 1. The molecular weight excluding hydrogens is 840 g/mol. The van der Waals surface area contributed by atoms with Crippen LogP contribution >= 0.6 is 0 Å². The van der Waals surface area contributed by atoms with Crippen molar-refractivity contribution in [3.8, 4) is 29.2 Å². The van der Waals surface area contributed by atoms with Gasteiger partial charge in [0.05, 0.1) is 39.1 Å². The van der Waals surface area contributed by atoms with Crippen LogP contribution in [0.2, 0.25) is 0 Å². The minimum absolute atomic E-state index is 0.0890. The molecule has 64 heavy (non-hydrogen) atoms. The molecule has 348 valence electrons. The smallest absolute Gasteiger partial charge is 0.366 e. The van der Waals surface area contributed by atoms with Gasteiger partial charge in [0.2, 0.25) is 5.91 Å². The third-order valence-corrected chi connectivity index (χ3v) is 9.38. The van der Waals surface area contributed by atoms with E-state index in [1.807, 2.05) is 0 Å². The second-order valence-corrected chi connectivity index (χ2v) is 14.6. The molecule has 0 radical (unpaired) electrons. The lowest BCUT2D eigenvalue weighted by Gasteiger charge is -2.48. The van der Waals surface area contributed by atoms with Gasteiger partial charge in [-0.2, -0.15) is 0 Å². The van der Waals surface area contributed by atoms with Gasteiger partial charge in [-0.3, -0.25) is 33.6 Å². The maximum Gasteiger partial charge on any atom is 0.366 e. The topological polar surface area (TPSA) is 244 Å². The molecule has 0 unspecified atom stereocenters. The summed E-state index contributed by atoms with van der Waals surface area (Å²) in [4.78, 5) is 101. The van der Waals surface area contributed by atoms with E-state index in [0.717, 1.165) is 52.4 Å². The monoisotopic (exact) mass is 896 g/mol. The van der Waals surface area contributed by atoms with Gasteiger partial charge in [-0.1, -0.05) is 55.2 Å². The lowest BCUT2D eigenvalue weighted by molar-refractivity contribution is -0.313. The van der Waals surface area contributed by atoms with E-state index in [4.69, 9.17) is 49.1 Å². The molecular formula is C45H56N2O17. The van der Waals surface area contributed by atoms with Gasteiger partial charge in [-0.05, 0) is 41.7 Å². The molecule has 19 nitrogen and oxygen atoms in total. The number of unbranched alkanes of at least 4 members (excludes halogenated alkanes) is 3. The standard InChI is InChI=1S/C45H56N2O17/c1-8-21-57-22-11-9-10-12-23-59-45(44(55)56-7)25-37(61-30(4)50)41(47-40(54)27-58-28(2)48)43(64-45)42(63-32(6)52)38(62-31(5)51)26-46-39(53)24-33-13-15-34(16-14-33)35-17-19-36(20-18-35)60-29(3)49/h1,13-20,37-38,41-43H,9-12,21-27H2,2-7H3,(H,46,53)(H,47,54)/t37-,38+,41+,42+,43+,45+/m0/s1. The molecule has 0 aliphatic carbocycles. The van der Waals surface area contributed by atoms with E-state index in [2.05, 4.69) is 16.6 Å². The highest BCUT2D eigenvalue weighted by Crippen LogP contribution is 2.37. The van der Waals surface area contributed by atoms with Crippen molar-refractivity contribution in [2.75, 3.05) is 40.1 Å². The SMILES string of the molecule is C#CCOCCCCCCO[C@]1(C(=O)OC)C[C@H](OC(C)=O)[C@@H](NC(=O)COC(C)=O)[C@H]([C@H](OC(C)=O)[C@@H](CNC(=O)Cc2ccc(-c3ccc(OC(C)=O)cc3)cc2)OC(C)=O)O1. The zero-order chi connectivity index (χ0) is 47.2. The zero-order valence-corrected chi connectivity index (χ0v) is 36.8. The van der Waals surface area contributed by atoms with Crippen molar-refractivity contribution in [2.24, 2.45) is 0 Å². The molecule has 3 rings (SSSR count). The summed E-state index contributed by atoms with van der Waals surface area (Å²) in [7, 11) is 1.06. The quantitative estimate of drug-likeness (QED) is 0.0506. The Morgan fingerprint density at radius 3 is 1.97 bits per heavy atom. The van der Waals surface area contributed by atoms with Crippen LogP contribution in [0, 0.1) is 12.3 Å². The van der Waals surface area contributed by atoms with Gasteiger partial charge in [0.25, 0.3) is 11.7 Å². The summed E-state index contributed by atoms with van der Waals surface area (Å²) < 4.78 is 49.9. The summed E-state index contributed by atoms with van der Waals surface area (Å²) >= 11 is 0. The Kier molecular flexibility index (Phi) is 21.4. The Labute approximate surface area is 371 Å². The van der Waals surface area contributed by atoms with Crippen molar-refractivity contribution < 1.29 is 81.0 Å².